The van der Waals surface area contributed by atoms with Gasteiger partial charge in [0.05, 0.1) is 0 Å². The lowest BCUT2D eigenvalue weighted by atomic mass is 10.1. The van der Waals surface area contributed by atoms with Gasteiger partial charge in [-0.1, -0.05) is 20.3 Å². The summed E-state index contributed by atoms with van der Waals surface area (Å²) in [5.74, 6) is 0. The zero-order valence-electron chi connectivity index (χ0n) is 10.7. The molecule has 0 saturated heterocycles. The van der Waals surface area contributed by atoms with E-state index in [0.717, 1.165) is 24.4 Å². The highest BCUT2D eigenvalue weighted by molar-refractivity contribution is 5.07. The maximum Gasteiger partial charge on any atom is 0.115 e. The van der Waals surface area contributed by atoms with E-state index in [1.807, 2.05) is 6.92 Å². The van der Waals surface area contributed by atoms with E-state index in [9.17, 15) is 0 Å². The Hall–Kier alpha value is -0.960. The van der Waals surface area contributed by atoms with Crippen LogP contribution in [0.1, 0.15) is 44.5 Å². The van der Waals surface area contributed by atoms with Gasteiger partial charge in [0, 0.05) is 23.9 Å². The molecule has 3 nitrogen and oxygen atoms in total. The zero-order valence-corrected chi connectivity index (χ0v) is 10.7. The summed E-state index contributed by atoms with van der Waals surface area (Å²) in [5, 5.41) is 3.58. The second-order valence-electron chi connectivity index (χ2n) is 4.29. The van der Waals surface area contributed by atoms with Gasteiger partial charge in [-0.3, -0.25) is 0 Å². The fourth-order valence-corrected chi connectivity index (χ4v) is 1.85. The molecule has 3 heteroatoms. The maximum atomic E-state index is 4.32. The van der Waals surface area contributed by atoms with Crippen LogP contribution in [-0.2, 0) is 6.42 Å². The highest BCUT2D eigenvalue weighted by Gasteiger charge is 2.08. The summed E-state index contributed by atoms with van der Waals surface area (Å²) in [4.78, 5) is 8.44. The van der Waals surface area contributed by atoms with Crippen molar-refractivity contribution in [1.29, 1.82) is 0 Å². The summed E-state index contributed by atoms with van der Waals surface area (Å²) in [7, 11) is 0. The van der Waals surface area contributed by atoms with Gasteiger partial charge in [-0.25, -0.2) is 9.97 Å². The lowest BCUT2D eigenvalue weighted by molar-refractivity contribution is 0.469. The van der Waals surface area contributed by atoms with Crippen molar-refractivity contribution in [3.8, 4) is 0 Å². The van der Waals surface area contributed by atoms with E-state index in [0.29, 0.717) is 6.04 Å². The number of rotatable bonds is 7. The average Bonchev–Trinajstić information content (AvgIpc) is 2.26. The van der Waals surface area contributed by atoms with E-state index in [1.54, 1.807) is 6.33 Å². The van der Waals surface area contributed by atoms with Crippen LogP contribution >= 0.6 is 0 Å². The first-order valence-corrected chi connectivity index (χ1v) is 6.27. The van der Waals surface area contributed by atoms with E-state index in [4.69, 9.17) is 0 Å². The Balaban J connectivity index is 2.52. The quantitative estimate of drug-likeness (QED) is 0.768. The van der Waals surface area contributed by atoms with Crippen molar-refractivity contribution in [2.45, 2.75) is 52.5 Å². The zero-order chi connectivity index (χ0) is 11.8. The number of nitrogens with one attached hydrogen (secondary N) is 1. The van der Waals surface area contributed by atoms with Crippen molar-refractivity contribution in [3.63, 3.8) is 0 Å². The molecule has 0 aromatic carbocycles. The van der Waals surface area contributed by atoms with Crippen LogP contribution in [0.4, 0.5) is 0 Å². The molecule has 0 fully saturated rings. The topological polar surface area (TPSA) is 37.8 Å². The highest BCUT2D eigenvalue weighted by atomic mass is 14.9. The summed E-state index contributed by atoms with van der Waals surface area (Å²) >= 11 is 0. The van der Waals surface area contributed by atoms with E-state index in [2.05, 4.69) is 35.2 Å². The van der Waals surface area contributed by atoms with Gasteiger partial charge in [-0.15, -0.1) is 0 Å². The Morgan fingerprint density at radius 3 is 2.69 bits per heavy atom. The third-order valence-electron chi connectivity index (χ3n) is 2.64. The van der Waals surface area contributed by atoms with E-state index < -0.39 is 0 Å². The van der Waals surface area contributed by atoms with Gasteiger partial charge in [0.1, 0.15) is 6.33 Å². The maximum absolute atomic E-state index is 4.32. The third kappa shape index (κ3) is 4.71. The number of aromatic nitrogens is 2. The number of aryl methyl sites for hydroxylation is 1. The molecule has 1 rings (SSSR count). The summed E-state index contributed by atoms with van der Waals surface area (Å²) in [5.41, 5.74) is 2.20. The minimum atomic E-state index is 0.555. The molecule has 0 aliphatic rings. The van der Waals surface area contributed by atoms with Crippen molar-refractivity contribution in [2.75, 3.05) is 6.54 Å². The molecule has 16 heavy (non-hydrogen) atoms. The van der Waals surface area contributed by atoms with Gasteiger partial charge in [0.25, 0.3) is 0 Å². The van der Waals surface area contributed by atoms with Gasteiger partial charge in [-0.05, 0) is 32.4 Å². The van der Waals surface area contributed by atoms with Crippen LogP contribution in [0.2, 0.25) is 0 Å². The van der Waals surface area contributed by atoms with Gasteiger partial charge >= 0.3 is 0 Å². The van der Waals surface area contributed by atoms with Crippen molar-refractivity contribution in [2.24, 2.45) is 0 Å². The van der Waals surface area contributed by atoms with Crippen LogP contribution in [0.5, 0.6) is 0 Å². The Morgan fingerprint density at radius 1 is 1.25 bits per heavy atom. The molecule has 0 bridgehead atoms. The lowest BCUT2D eigenvalue weighted by Crippen LogP contribution is -2.32. The molecule has 1 heterocycles. The SMILES string of the molecule is CCCNC(CCC)Cc1cc(C)ncn1. The van der Waals surface area contributed by atoms with Crippen molar-refractivity contribution in [1.82, 2.24) is 15.3 Å². The lowest BCUT2D eigenvalue weighted by Gasteiger charge is -2.17. The minimum absolute atomic E-state index is 0.555. The average molecular weight is 221 g/mol. The van der Waals surface area contributed by atoms with Crippen molar-refractivity contribution < 1.29 is 0 Å². The second kappa shape index (κ2) is 7.34. The van der Waals surface area contributed by atoms with E-state index in [1.165, 1.54) is 19.3 Å². The fourth-order valence-electron chi connectivity index (χ4n) is 1.85. The van der Waals surface area contributed by atoms with Gasteiger partial charge in [-0.2, -0.15) is 0 Å². The van der Waals surface area contributed by atoms with Crippen molar-refractivity contribution >= 4 is 0 Å². The largest absolute Gasteiger partial charge is 0.314 e. The van der Waals surface area contributed by atoms with E-state index in [-0.39, 0.29) is 0 Å². The van der Waals surface area contributed by atoms with Crippen LogP contribution in [0, 0.1) is 6.92 Å². The Bertz CT molecular complexity index is 299. The first kappa shape index (κ1) is 13.1. The van der Waals surface area contributed by atoms with Crippen LogP contribution in [0.3, 0.4) is 0 Å². The van der Waals surface area contributed by atoms with Crippen LogP contribution in [0.25, 0.3) is 0 Å². The summed E-state index contributed by atoms with van der Waals surface area (Å²) in [6.45, 7) is 7.53. The van der Waals surface area contributed by atoms with Crippen LogP contribution in [-0.4, -0.2) is 22.6 Å². The predicted octanol–water partition coefficient (Wildman–Crippen LogP) is 2.50. The van der Waals surface area contributed by atoms with Gasteiger partial charge in [0.15, 0.2) is 0 Å². The van der Waals surface area contributed by atoms with Gasteiger partial charge < -0.3 is 5.32 Å². The molecule has 1 N–H and O–H groups in total. The third-order valence-corrected chi connectivity index (χ3v) is 2.64. The molecule has 1 unspecified atom stereocenters. The van der Waals surface area contributed by atoms with Crippen LogP contribution in [0.15, 0.2) is 12.4 Å². The number of hydrogen-bond acceptors (Lipinski definition) is 3. The predicted molar refractivity (Wildman–Crippen MR) is 67.5 cm³/mol. The van der Waals surface area contributed by atoms with Gasteiger partial charge in [0.2, 0.25) is 0 Å². The molecule has 1 atom stereocenters. The highest BCUT2D eigenvalue weighted by Crippen LogP contribution is 2.06. The molecule has 90 valence electrons. The van der Waals surface area contributed by atoms with E-state index >= 15 is 0 Å². The first-order valence-electron chi connectivity index (χ1n) is 6.27. The molecule has 0 amide bonds. The Kier molecular flexibility index (Phi) is 6.01. The smallest absolute Gasteiger partial charge is 0.115 e. The number of hydrogen-bond donors (Lipinski definition) is 1. The molecule has 0 spiro atoms. The summed E-state index contributed by atoms with van der Waals surface area (Å²) in [6.07, 6.45) is 6.28. The standard InChI is InChI=1S/C13H23N3/c1-4-6-12(14-7-5-2)9-13-8-11(3)15-10-16-13/h8,10,12,14H,4-7,9H2,1-3H3. The second-order valence-corrected chi connectivity index (χ2v) is 4.29. The summed E-state index contributed by atoms with van der Waals surface area (Å²) in [6, 6.07) is 2.63. The molecule has 0 saturated carbocycles. The Labute approximate surface area is 98.7 Å². The summed E-state index contributed by atoms with van der Waals surface area (Å²) < 4.78 is 0. The van der Waals surface area contributed by atoms with Crippen molar-refractivity contribution in [3.05, 3.63) is 23.8 Å². The molecular weight excluding hydrogens is 198 g/mol. The molecule has 0 aliphatic carbocycles. The molecule has 1 aromatic rings. The molecular formula is C13H23N3. The molecule has 0 aliphatic heterocycles. The first-order chi connectivity index (χ1) is 7.76. The number of nitrogens with zero attached hydrogens (tertiary/aromatic N) is 2. The monoisotopic (exact) mass is 221 g/mol. The Morgan fingerprint density at radius 2 is 2.06 bits per heavy atom. The molecule has 1 aromatic heterocycles. The van der Waals surface area contributed by atoms with Crippen LogP contribution < -0.4 is 5.32 Å². The minimum Gasteiger partial charge on any atom is -0.314 e. The fraction of sp³-hybridized carbons (Fsp3) is 0.692. The molecule has 0 radical (unpaired) electrons. The normalized spacial score (nSPS) is 12.7.